The molecule has 0 spiro atoms. The molecule has 4 amide bonds. The lowest BCUT2D eigenvalue weighted by Crippen LogP contribution is -2.39. The smallest absolute Gasteiger partial charge is 0.327 e. The molecular weight excluding hydrogens is 382 g/mol. The van der Waals surface area contributed by atoms with Crippen LogP contribution in [0.2, 0.25) is 0 Å². The molecule has 0 radical (unpaired) electrons. The summed E-state index contributed by atoms with van der Waals surface area (Å²) in [4.78, 5) is 38.8. The summed E-state index contributed by atoms with van der Waals surface area (Å²) in [7, 11) is 1.54. The minimum absolute atomic E-state index is 0.00330. The zero-order valence-electron chi connectivity index (χ0n) is 19.5. The van der Waals surface area contributed by atoms with Crippen LogP contribution in [-0.2, 0) is 9.59 Å². The Kier molecular flexibility index (Phi) is 12.0. The number of carbonyl (C=O) groups excluding carboxylic acids is 3. The summed E-state index contributed by atoms with van der Waals surface area (Å²) in [6.07, 6.45) is 11.3. The number of nitrogens with zero attached hydrogens (tertiary/aromatic N) is 2. The number of rotatable bonds is 16. The van der Waals surface area contributed by atoms with Crippen LogP contribution in [0.1, 0.15) is 97.8 Å². The highest BCUT2D eigenvalue weighted by molar-refractivity contribution is 6.03. The van der Waals surface area contributed by atoms with Gasteiger partial charge in [0.2, 0.25) is 5.91 Å². The van der Waals surface area contributed by atoms with Gasteiger partial charge < -0.3 is 15.3 Å². The maximum atomic E-state index is 12.5. The van der Waals surface area contributed by atoms with Crippen molar-refractivity contribution in [2.45, 2.75) is 109 Å². The standard InChI is InChI=1S/C23H43N3O4/c1-5-6-7-12-15-23(3,30)16-18-26-20(21(28)25(4)22(26)29)14-11-9-8-10-13-17-24-19(2)27/h20,30H,5-18H2,1-4H3,(H,24,27). The fourth-order valence-electron chi connectivity index (χ4n) is 3.98. The van der Waals surface area contributed by atoms with Crippen molar-refractivity contribution >= 4 is 17.8 Å². The number of amides is 4. The molecular formula is C23H43N3O4. The van der Waals surface area contributed by atoms with Gasteiger partial charge in [-0.25, -0.2) is 4.79 Å². The van der Waals surface area contributed by atoms with Gasteiger partial charge in [-0.15, -0.1) is 0 Å². The van der Waals surface area contributed by atoms with E-state index in [-0.39, 0.29) is 17.8 Å². The van der Waals surface area contributed by atoms with Crippen LogP contribution in [0.15, 0.2) is 0 Å². The van der Waals surface area contributed by atoms with E-state index in [9.17, 15) is 19.5 Å². The SMILES string of the molecule is CCCCCCC(C)(O)CCN1C(=O)N(C)C(=O)C1CCCCCCCNC(C)=O. The second kappa shape index (κ2) is 13.6. The first-order valence-corrected chi connectivity index (χ1v) is 11.7. The second-order valence-corrected chi connectivity index (χ2v) is 8.99. The molecule has 7 heteroatoms. The Morgan fingerprint density at radius 3 is 2.33 bits per heavy atom. The summed E-state index contributed by atoms with van der Waals surface area (Å²) in [5.41, 5.74) is -0.809. The molecule has 1 heterocycles. The summed E-state index contributed by atoms with van der Waals surface area (Å²) >= 11 is 0. The van der Waals surface area contributed by atoms with Crippen LogP contribution in [0.4, 0.5) is 4.79 Å². The molecule has 7 nitrogen and oxygen atoms in total. The number of hydrogen-bond donors (Lipinski definition) is 2. The van der Waals surface area contributed by atoms with Crippen LogP contribution in [-0.4, -0.2) is 64.5 Å². The molecule has 1 saturated heterocycles. The lowest BCUT2D eigenvalue weighted by atomic mass is 9.94. The van der Waals surface area contributed by atoms with Gasteiger partial charge in [-0.3, -0.25) is 14.5 Å². The lowest BCUT2D eigenvalue weighted by Gasteiger charge is -2.28. The number of imide groups is 1. The second-order valence-electron chi connectivity index (χ2n) is 8.99. The minimum Gasteiger partial charge on any atom is -0.390 e. The predicted octanol–water partition coefficient (Wildman–Crippen LogP) is 3.84. The highest BCUT2D eigenvalue weighted by atomic mass is 16.3. The Labute approximate surface area is 182 Å². The number of carbonyl (C=O) groups is 3. The minimum atomic E-state index is -0.809. The molecule has 2 N–H and O–H groups in total. The van der Waals surface area contributed by atoms with Crippen molar-refractivity contribution in [1.29, 1.82) is 0 Å². The van der Waals surface area contributed by atoms with Crippen LogP contribution in [0.5, 0.6) is 0 Å². The van der Waals surface area contributed by atoms with E-state index in [2.05, 4.69) is 12.2 Å². The Balaban J connectivity index is 2.40. The molecule has 1 aliphatic rings. The zero-order chi connectivity index (χ0) is 22.6. The van der Waals surface area contributed by atoms with E-state index >= 15 is 0 Å². The van der Waals surface area contributed by atoms with Crippen molar-refractivity contribution in [1.82, 2.24) is 15.1 Å². The Morgan fingerprint density at radius 2 is 1.67 bits per heavy atom. The Hall–Kier alpha value is -1.63. The quantitative estimate of drug-likeness (QED) is 0.290. The normalized spacial score (nSPS) is 18.8. The van der Waals surface area contributed by atoms with E-state index in [1.165, 1.54) is 18.2 Å². The topological polar surface area (TPSA) is 89.9 Å². The molecule has 0 aromatic heterocycles. The van der Waals surface area contributed by atoms with Crippen LogP contribution < -0.4 is 5.32 Å². The number of hydrogen-bond acceptors (Lipinski definition) is 4. The predicted molar refractivity (Wildman–Crippen MR) is 119 cm³/mol. The van der Waals surface area contributed by atoms with Gasteiger partial charge in [0.1, 0.15) is 6.04 Å². The van der Waals surface area contributed by atoms with Crippen molar-refractivity contribution in [3.63, 3.8) is 0 Å². The van der Waals surface area contributed by atoms with Gasteiger partial charge in [-0.2, -0.15) is 0 Å². The van der Waals surface area contributed by atoms with E-state index in [1.807, 2.05) is 6.92 Å². The number of unbranched alkanes of at least 4 members (excludes halogenated alkanes) is 7. The average molecular weight is 426 g/mol. The fraction of sp³-hybridized carbons (Fsp3) is 0.870. The first kappa shape index (κ1) is 26.4. The van der Waals surface area contributed by atoms with E-state index in [4.69, 9.17) is 0 Å². The number of likely N-dealkylation sites (N-methyl/N-ethyl adjacent to an activating group) is 1. The van der Waals surface area contributed by atoms with Gasteiger partial charge in [0, 0.05) is 27.1 Å². The van der Waals surface area contributed by atoms with Gasteiger partial charge in [0.05, 0.1) is 5.60 Å². The summed E-state index contributed by atoms with van der Waals surface area (Å²) in [5.74, 6) is -0.128. The molecule has 0 aromatic carbocycles. The molecule has 0 aliphatic carbocycles. The van der Waals surface area contributed by atoms with Crippen molar-refractivity contribution in [2.75, 3.05) is 20.1 Å². The third kappa shape index (κ3) is 9.45. The first-order chi connectivity index (χ1) is 14.2. The van der Waals surface area contributed by atoms with Crippen molar-refractivity contribution in [3.8, 4) is 0 Å². The van der Waals surface area contributed by atoms with E-state index in [1.54, 1.807) is 11.9 Å². The van der Waals surface area contributed by atoms with E-state index < -0.39 is 11.6 Å². The van der Waals surface area contributed by atoms with Gasteiger partial charge >= 0.3 is 6.03 Å². The van der Waals surface area contributed by atoms with E-state index in [0.29, 0.717) is 25.9 Å². The van der Waals surface area contributed by atoms with Crippen LogP contribution >= 0.6 is 0 Å². The van der Waals surface area contributed by atoms with Gasteiger partial charge in [0.15, 0.2) is 0 Å². The van der Waals surface area contributed by atoms with Crippen molar-refractivity contribution in [2.24, 2.45) is 0 Å². The summed E-state index contributed by atoms with van der Waals surface area (Å²) < 4.78 is 0. The van der Waals surface area contributed by atoms with Gasteiger partial charge in [0.25, 0.3) is 5.91 Å². The lowest BCUT2D eigenvalue weighted by molar-refractivity contribution is -0.127. The fourth-order valence-corrected chi connectivity index (χ4v) is 3.98. The molecule has 174 valence electrons. The van der Waals surface area contributed by atoms with Crippen LogP contribution in [0.25, 0.3) is 0 Å². The van der Waals surface area contributed by atoms with E-state index in [0.717, 1.165) is 57.8 Å². The van der Waals surface area contributed by atoms with Crippen molar-refractivity contribution in [3.05, 3.63) is 0 Å². The molecule has 1 fully saturated rings. The molecule has 2 atom stereocenters. The summed E-state index contributed by atoms with van der Waals surface area (Å²) in [6, 6.07) is -0.653. The number of nitrogens with one attached hydrogen (secondary N) is 1. The average Bonchev–Trinajstić information content (AvgIpc) is 2.89. The molecule has 30 heavy (non-hydrogen) atoms. The van der Waals surface area contributed by atoms with Crippen molar-refractivity contribution < 1.29 is 19.5 Å². The molecule has 2 unspecified atom stereocenters. The molecule has 0 aromatic rings. The summed E-state index contributed by atoms with van der Waals surface area (Å²) in [6.45, 7) is 6.64. The maximum absolute atomic E-state index is 12.5. The third-order valence-corrected chi connectivity index (χ3v) is 6.01. The molecule has 0 saturated carbocycles. The Morgan fingerprint density at radius 1 is 1.03 bits per heavy atom. The zero-order valence-corrected chi connectivity index (χ0v) is 19.5. The number of aliphatic hydroxyl groups is 1. The molecule has 1 aliphatic heterocycles. The molecule has 1 rings (SSSR count). The highest BCUT2D eigenvalue weighted by Gasteiger charge is 2.42. The van der Waals surface area contributed by atoms with Crippen LogP contribution in [0.3, 0.4) is 0 Å². The summed E-state index contributed by atoms with van der Waals surface area (Å²) in [5, 5.41) is 13.5. The monoisotopic (exact) mass is 425 g/mol. The van der Waals surface area contributed by atoms with Gasteiger partial charge in [-0.05, 0) is 32.6 Å². The van der Waals surface area contributed by atoms with Gasteiger partial charge in [-0.1, -0.05) is 58.3 Å². The third-order valence-electron chi connectivity index (χ3n) is 6.01. The largest absolute Gasteiger partial charge is 0.390 e. The molecule has 0 bridgehead atoms. The van der Waals surface area contributed by atoms with Crippen LogP contribution in [0, 0.1) is 0 Å². The highest BCUT2D eigenvalue weighted by Crippen LogP contribution is 2.25. The first-order valence-electron chi connectivity index (χ1n) is 11.7. The Bertz CT molecular complexity index is 551. The number of urea groups is 1. The maximum Gasteiger partial charge on any atom is 0.327 e.